The lowest BCUT2D eigenvalue weighted by Gasteiger charge is -2.37. The molecule has 4 aromatic carbocycles. The van der Waals surface area contributed by atoms with E-state index in [0.717, 1.165) is 45.1 Å². The van der Waals surface area contributed by atoms with Crippen molar-refractivity contribution in [1.82, 2.24) is 0 Å². The van der Waals surface area contributed by atoms with Gasteiger partial charge in [-0.1, -0.05) is 72.8 Å². The Morgan fingerprint density at radius 2 is 0.829 bits per heavy atom. The molecule has 0 saturated carbocycles. The normalized spacial score (nSPS) is 17.5. The van der Waals surface area contributed by atoms with Gasteiger partial charge in [0.25, 0.3) is 0 Å². The van der Waals surface area contributed by atoms with Crippen LogP contribution in [-0.4, -0.2) is 12.5 Å². The molecule has 1 aliphatic heterocycles. The first kappa shape index (κ1) is 22.9. The van der Waals surface area contributed by atoms with Crippen LogP contribution in [0, 0.1) is 27.7 Å². The molecule has 5 rings (SSSR count). The summed E-state index contributed by atoms with van der Waals surface area (Å²) in [5.41, 5.74) is 6.62. The minimum atomic E-state index is -0.244. The Hall–Kier alpha value is -3.92. The molecule has 35 heavy (non-hydrogen) atoms. The summed E-state index contributed by atoms with van der Waals surface area (Å²) < 4.78 is 13.6. The second-order valence-electron chi connectivity index (χ2n) is 9.18. The Morgan fingerprint density at radius 1 is 0.486 bits per heavy atom. The lowest BCUT2D eigenvalue weighted by Crippen LogP contribution is -2.47. The highest BCUT2D eigenvalue weighted by molar-refractivity contribution is 5.61. The molecule has 0 bridgehead atoms. The Morgan fingerprint density at radius 3 is 1.17 bits per heavy atom. The number of nitrogens with zero attached hydrogens (tertiary/aromatic N) is 2. The van der Waals surface area contributed by atoms with Crippen LogP contribution < -0.4 is 19.5 Å². The van der Waals surface area contributed by atoms with E-state index in [1.54, 1.807) is 0 Å². The number of anilines is 2. The Kier molecular flexibility index (Phi) is 6.37. The first-order valence-corrected chi connectivity index (χ1v) is 12.2. The third-order valence-corrected chi connectivity index (χ3v) is 6.55. The van der Waals surface area contributed by atoms with Gasteiger partial charge in [-0.25, -0.2) is 10.0 Å². The van der Waals surface area contributed by atoms with Crippen molar-refractivity contribution in [1.29, 1.82) is 0 Å². The third kappa shape index (κ3) is 4.57. The van der Waals surface area contributed by atoms with E-state index in [4.69, 9.17) is 9.47 Å². The summed E-state index contributed by atoms with van der Waals surface area (Å²) >= 11 is 0. The summed E-state index contributed by atoms with van der Waals surface area (Å²) in [5.74, 6) is 1.86. The average Bonchev–Trinajstić information content (AvgIpc) is 3.23. The lowest BCUT2D eigenvalue weighted by molar-refractivity contribution is 0.164. The van der Waals surface area contributed by atoms with Crippen molar-refractivity contribution in [3.05, 3.63) is 119 Å². The van der Waals surface area contributed by atoms with Gasteiger partial charge in [-0.15, -0.1) is 0 Å². The number of hydrazine groups is 1. The molecule has 4 aromatic rings. The number of benzene rings is 4. The van der Waals surface area contributed by atoms with Crippen LogP contribution in [0.3, 0.4) is 0 Å². The molecule has 0 aromatic heterocycles. The summed E-state index contributed by atoms with van der Waals surface area (Å²) in [6.45, 7) is 8.40. The molecule has 0 aliphatic carbocycles. The number of hydrogen-bond donors (Lipinski definition) is 0. The minimum absolute atomic E-state index is 0.244. The molecule has 1 heterocycles. The van der Waals surface area contributed by atoms with Crippen LogP contribution in [-0.2, 0) is 0 Å². The smallest absolute Gasteiger partial charge is 0.195 e. The van der Waals surface area contributed by atoms with E-state index in [0.29, 0.717) is 6.42 Å². The van der Waals surface area contributed by atoms with Crippen LogP contribution in [0.1, 0.15) is 28.7 Å². The van der Waals surface area contributed by atoms with E-state index in [9.17, 15) is 0 Å². The fraction of sp³-hybridized carbons (Fsp3) is 0.226. The van der Waals surface area contributed by atoms with E-state index in [2.05, 4.69) is 123 Å². The van der Waals surface area contributed by atoms with Gasteiger partial charge in [0, 0.05) is 0 Å². The molecular weight excluding hydrogens is 432 g/mol. The number of rotatable bonds is 6. The van der Waals surface area contributed by atoms with Crippen LogP contribution in [0.5, 0.6) is 11.5 Å². The summed E-state index contributed by atoms with van der Waals surface area (Å²) in [5, 5.41) is 4.47. The summed E-state index contributed by atoms with van der Waals surface area (Å²) in [6, 6.07) is 33.4. The van der Waals surface area contributed by atoms with Gasteiger partial charge in [-0.3, -0.25) is 0 Å². The summed E-state index contributed by atoms with van der Waals surface area (Å²) in [4.78, 5) is 0. The predicted molar refractivity (Wildman–Crippen MR) is 143 cm³/mol. The Labute approximate surface area is 208 Å². The molecule has 4 nitrogen and oxygen atoms in total. The zero-order valence-corrected chi connectivity index (χ0v) is 20.8. The molecule has 0 radical (unpaired) electrons. The molecule has 178 valence electrons. The van der Waals surface area contributed by atoms with E-state index < -0.39 is 0 Å². The first-order valence-electron chi connectivity index (χ1n) is 12.2. The molecular formula is C31H32N2O2. The topological polar surface area (TPSA) is 24.9 Å². The molecule has 2 atom stereocenters. The summed E-state index contributed by atoms with van der Waals surface area (Å²) in [7, 11) is 0. The Bertz CT molecular complexity index is 1150. The van der Waals surface area contributed by atoms with Gasteiger partial charge in [0.1, 0.15) is 11.5 Å². The minimum Gasteiger partial charge on any atom is -0.468 e. The molecule has 0 amide bonds. The van der Waals surface area contributed by atoms with Gasteiger partial charge in [-0.2, -0.15) is 0 Å². The lowest BCUT2D eigenvalue weighted by atomic mass is 10.1. The van der Waals surface area contributed by atoms with Crippen LogP contribution in [0.2, 0.25) is 0 Å². The quantitative estimate of drug-likeness (QED) is 0.298. The zero-order chi connectivity index (χ0) is 24.4. The summed E-state index contributed by atoms with van der Waals surface area (Å²) in [6.07, 6.45) is 0.184. The highest BCUT2D eigenvalue weighted by atomic mass is 16.5. The fourth-order valence-electron chi connectivity index (χ4n) is 4.83. The van der Waals surface area contributed by atoms with Crippen LogP contribution >= 0.6 is 0 Å². The third-order valence-electron chi connectivity index (χ3n) is 6.55. The van der Waals surface area contributed by atoms with Crippen molar-refractivity contribution in [2.75, 3.05) is 10.0 Å². The van der Waals surface area contributed by atoms with Gasteiger partial charge in [0.05, 0.1) is 17.8 Å². The first-order chi connectivity index (χ1) is 17.0. The highest BCUT2D eigenvalue weighted by Gasteiger charge is 2.43. The second-order valence-corrected chi connectivity index (χ2v) is 9.18. The zero-order valence-electron chi connectivity index (χ0n) is 20.8. The van der Waals surface area contributed by atoms with Crippen molar-refractivity contribution in [3.8, 4) is 11.5 Å². The standard InChI is InChI=1S/C31H32N2O2/c1-22-13-11-14-23(2)30(22)34-28-21-29(35-31-24(3)15-12-16-25(31)4)33(27-19-9-6-10-20-27)32(28)26-17-7-5-8-18-26/h5-20,28-29H,21H2,1-4H3. The van der Waals surface area contributed by atoms with E-state index >= 15 is 0 Å². The predicted octanol–water partition coefficient (Wildman–Crippen LogP) is 7.36. The highest BCUT2D eigenvalue weighted by Crippen LogP contribution is 2.39. The number of ether oxygens (including phenoxy) is 2. The van der Waals surface area contributed by atoms with Gasteiger partial charge < -0.3 is 9.47 Å². The van der Waals surface area contributed by atoms with E-state index in [-0.39, 0.29) is 12.5 Å². The van der Waals surface area contributed by atoms with Crippen LogP contribution in [0.25, 0.3) is 0 Å². The van der Waals surface area contributed by atoms with Crippen LogP contribution in [0.15, 0.2) is 97.1 Å². The molecule has 2 unspecified atom stereocenters. The largest absolute Gasteiger partial charge is 0.468 e. The maximum atomic E-state index is 6.79. The van der Waals surface area contributed by atoms with E-state index in [1.807, 2.05) is 12.1 Å². The number of para-hydroxylation sites is 4. The van der Waals surface area contributed by atoms with Gasteiger partial charge in [-0.05, 0) is 74.2 Å². The molecule has 1 saturated heterocycles. The SMILES string of the molecule is Cc1cccc(C)c1OC1CC(Oc2c(C)cccc2C)N(c2ccccc2)N1c1ccccc1. The molecule has 0 spiro atoms. The number of aryl methyl sites for hydroxylation is 4. The van der Waals surface area contributed by atoms with Crippen LogP contribution in [0.4, 0.5) is 11.4 Å². The van der Waals surface area contributed by atoms with E-state index in [1.165, 1.54) is 0 Å². The molecule has 1 aliphatic rings. The van der Waals surface area contributed by atoms with Crippen molar-refractivity contribution >= 4 is 11.4 Å². The monoisotopic (exact) mass is 464 g/mol. The van der Waals surface area contributed by atoms with Crippen molar-refractivity contribution in [2.24, 2.45) is 0 Å². The van der Waals surface area contributed by atoms with Crippen molar-refractivity contribution in [2.45, 2.75) is 46.6 Å². The second kappa shape index (κ2) is 9.75. The van der Waals surface area contributed by atoms with Gasteiger partial charge in [0.2, 0.25) is 0 Å². The van der Waals surface area contributed by atoms with Gasteiger partial charge in [0.15, 0.2) is 12.5 Å². The molecule has 1 fully saturated rings. The number of hydrogen-bond acceptors (Lipinski definition) is 4. The van der Waals surface area contributed by atoms with Gasteiger partial charge >= 0.3 is 0 Å². The maximum absolute atomic E-state index is 6.79. The van der Waals surface area contributed by atoms with Crippen molar-refractivity contribution < 1.29 is 9.47 Å². The fourth-order valence-corrected chi connectivity index (χ4v) is 4.83. The average molecular weight is 465 g/mol. The maximum Gasteiger partial charge on any atom is 0.195 e. The van der Waals surface area contributed by atoms with Crippen molar-refractivity contribution in [3.63, 3.8) is 0 Å². The Balaban J connectivity index is 1.61. The molecule has 0 N–H and O–H groups in total. The molecule has 4 heteroatoms.